The third-order valence-electron chi connectivity index (χ3n) is 6.65. The summed E-state index contributed by atoms with van der Waals surface area (Å²) in [4.78, 5) is 17.5. The van der Waals surface area contributed by atoms with Crippen molar-refractivity contribution < 1.29 is 17.9 Å². The number of para-hydroxylation sites is 1. The van der Waals surface area contributed by atoms with Crippen molar-refractivity contribution in [3.05, 3.63) is 65.8 Å². The van der Waals surface area contributed by atoms with Gasteiger partial charge in [-0.3, -0.25) is 9.78 Å². The molecule has 4 rings (SSSR count). The third kappa shape index (κ3) is 6.17. The second kappa shape index (κ2) is 11.2. The SMILES string of the molecule is CC(C)(CCCOc1ccc(Cl)cc1)C(=O)NC1CCN(S(=O)(=O)c2cccc3cccnc23)CC1. The summed E-state index contributed by atoms with van der Waals surface area (Å²) in [5, 5.41) is 4.59. The lowest BCUT2D eigenvalue weighted by Gasteiger charge is -2.34. The van der Waals surface area contributed by atoms with E-state index in [1.54, 1.807) is 36.5 Å². The van der Waals surface area contributed by atoms with Crippen molar-refractivity contribution in [3.8, 4) is 5.75 Å². The summed E-state index contributed by atoms with van der Waals surface area (Å²) in [5.41, 5.74) is -0.0708. The fraction of sp³-hybridized carbons (Fsp3) is 0.407. The van der Waals surface area contributed by atoms with Crippen LogP contribution in [0.4, 0.5) is 0 Å². The molecule has 2 heterocycles. The van der Waals surface area contributed by atoms with Gasteiger partial charge >= 0.3 is 0 Å². The number of fused-ring (bicyclic) bond motifs is 1. The van der Waals surface area contributed by atoms with E-state index in [-0.39, 0.29) is 16.8 Å². The molecule has 36 heavy (non-hydrogen) atoms. The van der Waals surface area contributed by atoms with Crippen LogP contribution < -0.4 is 10.1 Å². The molecule has 9 heteroatoms. The summed E-state index contributed by atoms with van der Waals surface area (Å²) in [7, 11) is -3.67. The zero-order valence-corrected chi connectivity index (χ0v) is 22.2. The Morgan fingerprint density at radius 3 is 2.53 bits per heavy atom. The van der Waals surface area contributed by atoms with Crippen LogP contribution in [0.25, 0.3) is 10.9 Å². The molecule has 0 unspecified atom stereocenters. The highest BCUT2D eigenvalue weighted by molar-refractivity contribution is 7.89. The van der Waals surface area contributed by atoms with Gasteiger partial charge in [0.2, 0.25) is 15.9 Å². The molecule has 0 saturated carbocycles. The van der Waals surface area contributed by atoms with Gasteiger partial charge in [-0.2, -0.15) is 4.31 Å². The van der Waals surface area contributed by atoms with Gasteiger partial charge in [-0.1, -0.05) is 43.6 Å². The number of hydrogen-bond donors (Lipinski definition) is 1. The molecule has 1 aromatic heterocycles. The van der Waals surface area contributed by atoms with Crippen molar-refractivity contribution in [1.29, 1.82) is 0 Å². The van der Waals surface area contributed by atoms with E-state index < -0.39 is 15.4 Å². The van der Waals surface area contributed by atoms with Gasteiger partial charge < -0.3 is 10.1 Å². The summed E-state index contributed by atoms with van der Waals surface area (Å²) in [6.07, 6.45) is 4.15. The van der Waals surface area contributed by atoms with E-state index in [0.29, 0.717) is 49.5 Å². The monoisotopic (exact) mass is 529 g/mol. The Bertz CT molecular complexity index is 1300. The lowest BCUT2D eigenvalue weighted by atomic mass is 9.86. The summed E-state index contributed by atoms with van der Waals surface area (Å²) >= 11 is 5.89. The molecule has 1 aliphatic heterocycles. The maximum Gasteiger partial charge on any atom is 0.245 e. The average Bonchev–Trinajstić information content (AvgIpc) is 2.87. The molecule has 0 spiro atoms. The Labute approximate surface area is 217 Å². The number of sulfonamides is 1. The quantitative estimate of drug-likeness (QED) is 0.392. The van der Waals surface area contributed by atoms with Crippen LogP contribution in [0.15, 0.2) is 65.7 Å². The van der Waals surface area contributed by atoms with Crippen molar-refractivity contribution in [1.82, 2.24) is 14.6 Å². The Morgan fingerprint density at radius 2 is 1.81 bits per heavy atom. The molecular formula is C27H32ClN3O4S. The van der Waals surface area contributed by atoms with E-state index in [1.165, 1.54) is 4.31 Å². The zero-order valence-electron chi connectivity index (χ0n) is 20.6. The Morgan fingerprint density at radius 1 is 1.11 bits per heavy atom. The third-order valence-corrected chi connectivity index (χ3v) is 8.83. The molecule has 0 radical (unpaired) electrons. The Kier molecular flexibility index (Phi) is 8.17. The first-order chi connectivity index (χ1) is 17.2. The van der Waals surface area contributed by atoms with Crippen LogP contribution in [0.1, 0.15) is 39.5 Å². The first kappa shape index (κ1) is 26.4. The van der Waals surface area contributed by atoms with Gasteiger partial charge in [-0.05, 0) is 62.1 Å². The van der Waals surface area contributed by atoms with Gasteiger partial charge in [0.25, 0.3) is 0 Å². The van der Waals surface area contributed by atoms with Gasteiger partial charge in [0.05, 0.1) is 12.1 Å². The number of benzene rings is 2. The summed E-state index contributed by atoms with van der Waals surface area (Å²) in [6, 6.07) is 16.0. The van der Waals surface area contributed by atoms with Crippen LogP contribution in [-0.4, -0.2) is 49.4 Å². The van der Waals surface area contributed by atoms with Crippen LogP contribution in [0.5, 0.6) is 5.75 Å². The number of halogens is 1. The predicted molar refractivity (Wildman–Crippen MR) is 142 cm³/mol. The second-order valence-electron chi connectivity index (χ2n) is 9.77. The van der Waals surface area contributed by atoms with Crippen molar-refractivity contribution in [3.63, 3.8) is 0 Å². The van der Waals surface area contributed by atoms with Crippen LogP contribution in [-0.2, 0) is 14.8 Å². The van der Waals surface area contributed by atoms with E-state index in [2.05, 4.69) is 10.3 Å². The van der Waals surface area contributed by atoms with E-state index in [9.17, 15) is 13.2 Å². The Hall–Kier alpha value is -2.68. The molecule has 7 nitrogen and oxygen atoms in total. The number of carbonyl (C=O) groups is 1. The van der Waals surface area contributed by atoms with Crippen LogP contribution in [0, 0.1) is 5.41 Å². The van der Waals surface area contributed by atoms with Crippen molar-refractivity contribution >= 4 is 38.4 Å². The number of hydrogen-bond acceptors (Lipinski definition) is 5. The first-order valence-corrected chi connectivity index (χ1v) is 14.0. The highest BCUT2D eigenvalue weighted by Crippen LogP contribution is 2.28. The molecule has 1 aliphatic rings. The molecule has 3 aromatic rings. The minimum absolute atomic E-state index is 0.0199. The van der Waals surface area contributed by atoms with Gasteiger partial charge in [-0.15, -0.1) is 0 Å². The largest absolute Gasteiger partial charge is 0.494 e. The lowest BCUT2D eigenvalue weighted by molar-refractivity contribution is -0.130. The number of ether oxygens (including phenoxy) is 1. The maximum atomic E-state index is 13.3. The molecule has 0 bridgehead atoms. The molecule has 1 N–H and O–H groups in total. The van der Waals surface area contributed by atoms with E-state index in [0.717, 1.165) is 17.6 Å². The van der Waals surface area contributed by atoms with E-state index in [1.807, 2.05) is 38.1 Å². The Balaban J connectivity index is 1.27. The maximum absolute atomic E-state index is 13.3. The van der Waals surface area contributed by atoms with Crippen LogP contribution >= 0.6 is 11.6 Å². The number of pyridine rings is 1. The van der Waals surface area contributed by atoms with Crippen molar-refractivity contribution in [2.24, 2.45) is 5.41 Å². The van der Waals surface area contributed by atoms with Gasteiger partial charge in [0.1, 0.15) is 10.6 Å². The predicted octanol–water partition coefficient (Wildman–Crippen LogP) is 5.04. The summed E-state index contributed by atoms with van der Waals surface area (Å²) in [6.45, 7) is 5.07. The number of nitrogens with one attached hydrogen (secondary N) is 1. The number of amides is 1. The average molecular weight is 530 g/mol. The standard InChI is InChI=1S/C27H32ClN3O4S/c1-27(2,15-5-19-35-23-11-9-21(28)10-12-23)26(32)30-22-13-17-31(18-14-22)36(33,34)24-8-3-6-20-7-4-16-29-25(20)24/h3-4,6-12,16,22H,5,13-15,17-19H2,1-2H3,(H,30,32). The molecule has 0 aliphatic carbocycles. The first-order valence-electron chi connectivity index (χ1n) is 12.2. The molecule has 1 amide bonds. The fourth-order valence-electron chi connectivity index (χ4n) is 4.39. The number of piperidine rings is 1. The zero-order chi connectivity index (χ0) is 25.8. The minimum atomic E-state index is -3.67. The van der Waals surface area contributed by atoms with Gasteiger partial charge in [0.15, 0.2) is 0 Å². The number of nitrogens with zero attached hydrogens (tertiary/aromatic N) is 2. The molecular weight excluding hydrogens is 498 g/mol. The topological polar surface area (TPSA) is 88.6 Å². The number of rotatable bonds is 9. The van der Waals surface area contributed by atoms with Gasteiger partial charge in [0, 0.05) is 41.2 Å². The highest BCUT2D eigenvalue weighted by Gasteiger charge is 2.34. The normalized spacial score (nSPS) is 15.6. The van der Waals surface area contributed by atoms with E-state index >= 15 is 0 Å². The number of carbonyl (C=O) groups excluding carboxylic acids is 1. The van der Waals surface area contributed by atoms with Crippen LogP contribution in [0.3, 0.4) is 0 Å². The summed E-state index contributed by atoms with van der Waals surface area (Å²) < 4.78 is 33.9. The molecule has 1 saturated heterocycles. The number of aromatic nitrogens is 1. The molecule has 0 atom stereocenters. The molecule has 2 aromatic carbocycles. The van der Waals surface area contributed by atoms with E-state index in [4.69, 9.17) is 16.3 Å². The molecule has 1 fully saturated rings. The summed E-state index contributed by atoms with van der Waals surface area (Å²) in [5.74, 6) is 0.733. The van der Waals surface area contributed by atoms with Crippen LogP contribution in [0.2, 0.25) is 5.02 Å². The van der Waals surface area contributed by atoms with Crippen molar-refractivity contribution in [2.45, 2.75) is 50.5 Å². The smallest absolute Gasteiger partial charge is 0.245 e. The van der Waals surface area contributed by atoms with Gasteiger partial charge in [-0.25, -0.2) is 8.42 Å². The minimum Gasteiger partial charge on any atom is -0.494 e. The highest BCUT2D eigenvalue weighted by atomic mass is 35.5. The lowest BCUT2D eigenvalue weighted by Crippen LogP contribution is -2.49. The van der Waals surface area contributed by atoms with Crippen molar-refractivity contribution in [2.75, 3.05) is 19.7 Å². The second-order valence-corrected chi connectivity index (χ2v) is 12.1. The fourth-order valence-corrected chi connectivity index (χ4v) is 6.15. The molecule has 192 valence electrons.